The predicted molar refractivity (Wildman–Crippen MR) is 61.1 cm³/mol. The normalized spacial score (nSPS) is 12.9. The number of benzene rings is 1. The third-order valence-electron chi connectivity index (χ3n) is 2.41. The summed E-state index contributed by atoms with van der Waals surface area (Å²) in [4.78, 5) is 1.98. The Labute approximate surface area is 95.5 Å². The molecular formula is C12H18FNO2. The van der Waals surface area contributed by atoms with Crippen LogP contribution in [0.25, 0.3) is 0 Å². The number of methoxy groups -OCH3 is 1. The molecule has 0 aliphatic carbocycles. The maximum atomic E-state index is 13.4. The van der Waals surface area contributed by atoms with Gasteiger partial charge in [0.1, 0.15) is 0 Å². The molecule has 0 heterocycles. The first-order valence-corrected chi connectivity index (χ1v) is 5.21. The standard InChI is InChI=1S/C12H18FNO2/c1-14(2)7-6-11(15)9-4-5-12(16-3)10(13)8-9/h4-5,8,11,15H,6-7H2,1-3H3. The molecule has 0 aliphatic rings. The summed E-state index contributed by atoms with van der Waals surface area (Å²) in [5, 5.41) is 9.82. The van der Waals surface area contributed by atoms with Crippen LogP contribution in [0.3, 0.4) is 0 Å². The van der Waals surface area contributed by atoms with Crippen LogP contribution < -0.4 is 4.74 Å². The third kappa shape index (κ3) is 3.47. The van der Waals surface area contributed by atoms with Gasteiger partial charge in [-0.2, -0.15) is 0 Å². The second kappa shape index (κ2) is 5.82. The lowest BCUT2D eigenvalue weighted by molar-refractivity contribution is 0.154. The molecule has 0 aliphatic heterocycles. The van der Waals surface area contributed by atoms with Crippen molar-refractivity contribution in [3.8, 4) is 5.75 Å². The van der Waals surface area contributed by atoms with Crippen LogP contribution in [-0.2, 0) is 0 Å². The summed E-state index contributed by atoms with van der Waals surface area (Å²) in [6, 6.07) is 4.53. The van der Waals surface area contributed by atoms with Gasteiger partial charge >= 0.3 is 0 Å². The van der Waals surface area contributed by atoms with E-state index in [2.05, 4.69) is 0 Å². The second-order valence-corrected chi connectivity index (χ2v) is 4.00. The first-order valence-electron chi connectivity index (χ1n) is 5.21. The molecule has 0 saturated heterocycles. The van der Waals surface area contributed by atoms with Crippen molar-refractivity contribution in [1.82, 2.24) is 4.90 Å². The van der Waals surface area contributed by atoms with Crippen LogP contribution in [0, 0.1) is 5.82 Å². The molecule has 1 atom stereocenters. The van der Waals surface area contributed by atoms with Crippen LogP contribution in [0.4, 0.5) is 4.39 Å². The van der Waals surface area contributed by atoms with Gasteiger partial charge in [0.25, 0.3) is 0 Å². The summed E-state index contributed by atoms with van der Waals surface area (Å²) in [6.07, 6.45) is -0.0542. The van der Waals surface area contributed by atoms with E-state index < -0.39 is 11.9 Å². The van der Waals surface area contributed by atoms with Crippen molar-refractivity contribution in [3.63, 3.8) is 0 Å². The van der Waals surface area contributed by atoms with E-state index in [1.807, 2.05) is 19.0 Å². The number of hydrogen-bond acceptors (Lipinski definition) is 3. The van der Waals surface area contributed by atoms with Gasteiger partial charge in [0.15, 0.2) is 11.6 Å². The number of ether oxygens (including phenoxy) is 1. The zero-order valence-corrected chi connectivity index (χ0v) is 9.90. The quantitative estimate of drug-likeness (QED) is 0.832. The largest absolute Gasteiger partial charge is 0.494 e. The van der Waals surface area contributed by atoms with Crippen LogP contribution >= 0.6 is 0 Å². The van der Waals surface area contributed by atoms with Gasteiger partial charge < -0.3 is 14.7 Å². The van der Waals surface area contributed by atoms with Gasteiger partial charge in [-0.05, 0) is 38.2 Å². The summed E-state index contributed by atoms with van der Waals surface area (Å²) in [7, 11) is 5.28. The van der Waals surface area contributed by atoms with Crippen molar-refractivity contribution >= 4 is 0 Å². The minimum atomic E-state index is -0.636. The zero-order chi connectivity index (χ0) is 12.1. The summed E-state index contributed by atoms with van der Waals surface area (Å²) < 4.78 is 18.2. The molecule has 90 valence electrons. The molecule has 0 aromatic heterocycles. The third-order valence-corrected chi connectivity index (χ3v) is 2.41. The monoisotopic (exact) mass is 227 g/mol. The number of aliphatic hydroxyl groups is 1. The maximum absolute atomic E-state index is 13.4. The molecule has 1 aromatic carbocycles. The molecule has 0 spiro atoms. The zero-order valence-electron chi connectivity index (χ0n) is 9.90. The highest BCUT2D eigenvalue weighted by molar-refractivity contribution is 5.30. The molecule has 0 fully saturated rings. The molecule has 0 amide bonds. The summed E-state index contributed by atoms with van der Waals surface area (Å²) in [6.45, 7) is 0.759. The number of halogens is 1. The molecule has 1 unspecified atom stereocenters. The fraction of sp³-hybridized carbons (Fsp3) is 0.500. The van der Waals surface area contributed by atoms with Crippen LogP contribution in [-0.4, -0.2) is 37.8 Å². The van der Waals surface area contributed by atoms with E-state index in [1.165, 1.54) is 19.2 Å². The number of aliphatic hydroxyl groups excluding tert-OH is 1. The van der Waals surface area contributed by atoms with E-state index in [-0.39, 0.29) is 5.75 Å². The van der Waals surface area contributed by atoms with Gasteiger partial charge in [0.05, 0.1) is 13.2 Å². The molecule has 1 rings (SSSR count). The lowest BCUT2D eigenvalue weighted by Crippen LogP contribution is -2.15. The molecule has 3 nitrogen and oxygen atoms in total. The predicted octanol–water partition coefficient (Wildman–Crippen LogP) is 1.82. The Hall–Kier alpha value is -1.13. The molecule has 1 N–H and O–H groups in total. The Morgan fingerprint density at radius 3 is 2.62 bits per heavy atom. The minimum absolute atomic E-state index is 0.198. The molecular weight excluding hydrogens is 209 g/mol. The molecule has 0 bridgehead atoms. The topological polar surface area (TPSA) is 32.7 Å². The van der Waals surface area contributed by atoms with Crippen molar-refractivity contribution < 1.29 is 14.2 Å². The van der Waals surface area contributed by atoms with E-state index in [0.717, 1.165) is 6.54 Å². The Morgan fingerprint density at radius 2 is 2.12 bits per heavy atom. The maximum Gasteiger partial charge on any atom is 0.165 e. The van der Waals surface area contributed by atoms with Crippen molar-refractivity contribution in [2.24, 2.45) is 0 Å². The van der Waals surface area contributed by atoms with Gasteiger partial charge in [0.2, 0.25) is 0 Å². The van der Waals surface area contributed by atoms with Gasteiger partial charge in [-0.1, -0.05) is 6.07 Å². The Kier molecular flexibility index (Phi) is 4.71. The molecule has 4 heteroatoms. The highest BCUT2D eigenvalue weighted by atomic mass is 19.1. The van der Waals surface area contributed by atoms with Crippen molar-refractivity contribution in [3.05, 3.63) is 29.6 Å². The number of nitrogens with zero attached hydrogens (tertiary/aromatic N) is 1. The van der Waals surface area contributed by atoms with Crippen LogP contribution in [0.5, 0.6) is 5.75 Å². The minimum Gasteiger partial charge on any atom is -0.494 e. The first kappa shape index (κ1) is 12.9. The van der Waals surface area contributed by atoms with Gasteiger partial charge in [-0.25, -0.2) is 4.39 Å². The Balaban J connectivity index is 2.69. The van der Waals surface area contributed by atoms with Crippen molar-refractivity contribution in [2.45, 2.75) is 12.5 Å². The summed E-state index contributed by atoms with van der Waals surface area (Å²) in [5.41, 5.74) is 0.583. The van der Waals surface area contributed by atoms with E-state index >= 15 is 0 Å². The smallest absolute Gasteiger partial charge is 0.165 e. The van der Waals surface area contributed by atoms with Crippen LogP contribution in [0.15, 0.2) is 18.2 Å². The van der Waals surface area contributed by atoms with Crippen molar-refractivity contribution in [2.75, 3.05) is 27.7 Å². The summed E-state index contributed by atoms with van der Waals surface area (Å²) >= 11 is 0. The van der Waals surface area contributed by atoms with Gasteiger partial charge in [-0.15, -0.1) is 0 Å². The average Bonchev–Trinajstić information content (AvgIpc) is 2.25. The van der Waals surface area contributed by atoms with Crippen LogP contribution in [0.2, 0.25) is 0 Å². The Bertz CT molecular complexity index is 342. The number of hydrogen-bond donors (Lipinski definition) is 1. The van der Waals surface area contributed by atoms with Crippen molar-refractivity contribution in [1.29, 1.82) is 0 Å². The number of rotatable bonds is 5. The first-order chi connectivity index (χ1) is 7.54. The highest BCUT2D eigenvalue weighted by Crippen LogP contribution is 2.23. The second-order valence-electron chi connectivity index (χ2n) is 4.00. The lowest BCUT2D eigenvalue weighted by atomic mass is 10.1. The lowest BCUT2D eigenvalue weighted by Gasteiger charge is -2.15. The van der Waals surface area contributed by atoms with Gasteiger partial charge in [0, 0.05) is 6.54 Å². The molecule has 16 heavy (non-hydrogen) atoms. The van der Waals surface area contributed by atoms with E-state index in [9.17, 15) is 9.50 Å². The average molecular weight is 227 g/mol. The fourth-order valence-corrected chi connectivity index (χ4v) is 1.44. The van der Waals surface area contributed by atoms with E-state index in [4.69, 9.17) is 4.74 Å². The van der Waals surface area contributed by atoms with E-state index in [1.54, 1.807) is 6.07 Å². The highest BCUT2D eigenvalue weighted by Gasteiger charge is 2.11. The fourth-order valence-electron chi connectivity index (χ4n) is 1.44. The Morgan fingerprint density at radius 1 is 1.44 bits per heavy atom. The van der Waals surface area contributed by atoms with E-state index in [0.29, 0.717) is 12.0 Å². The van der Waals surface area contributed by atoms with Gasteiger partial charge in [-0.3, -0.25) is 0 Å². The molecule has 0 saturated carbocycles. The summed E-state index contributed by atoms with van der Waals surface area (Å²) in [5.74, 6) is -0.243. The molecule has 1 aromatic rings. The molecule has 0 radical (unpaired) electrons. The van der Waals surface area contributed by atoms with Crippen LogP contribution in [0.1, 0.15) is 18.1 Å². The SMILES string of the molecule is COc1ccc(C(O)CCN(C)C)cc1F.